The molecule has 1 N–H and O–H groups in total. The third kappa shape index (κ3) is 4.52. The van der Waals surface area contributed by atoms with Crippen molar-refractivity contribution in [3.05, 3.63) is 64.5 Å². The number of hydrogen-bond acceptors (Lipinski definition) is 6. The second-order valence-corrected chi connectivity index (χ2v) is 7.10. The Labute approximate surface area is 153 Å². The first-order valence-electron chi connectivity index (χ1n) is 7.64. The first-order valence-corrected chi connectivity index (χ1v) is 9.40. The molecule has 0 saturated heterocycles. The smallest absolute Gasteiger partial charge is 0.358 e. The maximum Gasteiger partial charge on any atom is 0.358 e. The zero-order valence-electron chi connectivity index (χ0n) is 13.5. The first kappa shape index (κ1) is 17.3. The minimum absolute atomic E-state index is 0.155. The minimum Gasteiger partial charge on any atom is -0.451 e. The Morgan fingerprint density at radius 1 is 1.16 bits per heavy atom. The molecule has 0 spiro atoms. The molecule has 0 radical (unpaired) electrons. The summed E-state index contributed by atoms with van der Waals surface area (Å²) in [5.41, 5.74) is 1.21. The normalized spacial score (nSPS) is 11.7. The number of carbonyl (C=O) groups is 2. The summed E-state index contributed by atoms with van der Waals surface area (Å²) in [4.78, 5) is 29.2. The second-order valence-electron chi connectivity index (χ2n) is 5.29. The van der Waals surface area contributed by atoms with Crippen LogP contribution in [0, 0.1) is 0 Å². The average molecular weight is 372 g/mol. The Morgan fingerprint density at radius 2 is 1.96 bits per heavy atom. The Balaban J connectivity index is 1.51. The van der Waals surface area contributed by atoms with E-state index in [1.54, 1.807) is 16.7 Å². The fraction of sp³-hybridized carbons (Fsp3) is 0.167. The van der Waals surface area contributed by atoms with Gasteiger partial charge in [0.25, 0.3) is 5.91 Å². The number of carbonyl (C=O) groups excluding carboxylic acids is 2. The topological polar surface area (TPSA) is 68.3 Å². The standard InChI is InChI=1S/C18H16N2O3S2/c1-12(13-6-3-2-4-7-13)19-16(21)10-23-18(22)14-11-25-17(20-14)15-8-5-9-24-15/h2-9,11-12H,10H2,1H3,(H,19,21)/t12-/m0/s1. The molecule has 0 aliphatic heterocycles. The maximum absolute atomic E-state index is 12.0. The monoisotopic (exact) mass is 372 g/mol. The molecule has 0 unspecified atom stereocenters. The number of esters is 1. The molecule has 128 valence electrons. The molecular weight excluding hydrogens is 356 g/mol. The van der Waals surface area contributed by atoms with Crippen molar-refractivity contribution in [3.63, 3.8) is 0 Å². The van der Waals surface area contributed by atoms with E-state index in [1.165, 1.54) is 11.3 Å². The summed E-state index contributed by atoms with van der Waals surface area (Å²) in [6.07, 6.45) is 0. The lowest BCUT2D eigenvalue weighted by Gasteiger charge is -2.14. The van der Waals surface area contributed by atoms with Crippen molar-refractivity contribution in [3.8, 4) is 9.88 Å². The second kappa shape index (κ2) is 8.04. The number of thiophene rings is 1. The molecule has 1 aromatic carbocycles. The zero-order valence-corrected chi connectivity index (χ0v) is 15.1. The van der Waals surface area contributed by atoms with Gasteiger partial charge in [-0.25, -0.2) is 9.78 Å². The molecule has 0 aliphatic carbocycles. The van der Waals surface area contributed by atoms with Gasteiger partial charge in [-0.3, -0.25) is 4.79 Å². The lowest BCUT2D eigenvalue weighted by Crippen LogP contribution is -2.31. The Bertz CT molecular complexity index is 844. The quantitative estimate of drug-likeness (QED) is 0.666. The predicted octanol–water partition coefficient (Wildman–Crippen LogP) is 3.91. The average Bonchev–Trinajstić information content (AvgIpc) is 3.31. The van der Waals surface area contributed by atoms with Crippen molar-refractivity contribution in [2.24, 2.45) is 0 Å². The largest absolute Gasteiger partial charge is 0.451 e. The van der Waals surface area contributed by atoms with Crippen LogP contribution in [0.15, 0.2) is 53.2 Å². The minimum atomic E-state index is -0.596. The molecule has 7 heteroatoms. The number of thiazole rings is 1. The molecule has 2 aromatic heterocycles. The van der Waals surface area contributed by atoms with E-state index in [9.17, 15) is 9.59 Å². The molecule has 2 heterocycles. The fourth-order valence-electron chi connectivity index (χ4n) is 2.19. The summed E-state index contributed by atoms with van der Waals surface area (Å²) < 4.78 is 5.05. The predicted molar refractivity (Wildman–Crippen MR) is 98.7 cm³/mol. The van der Waals surface area contributed by atoms with Crippen LogP contribution in [0.3, 0.4) is 0 Å². The highest BCUT2D eigenvalue weighted by atomic mass is 32.1. The van der Waals surface area contributed by atoms with Gasteiger partial charge in [0.15, 0.2) is 12.3 Å². The first-order chi connectivity index (χ1) is 12.1. The molecule has 5 nitrogen and oxygen atoms in total. The van der Waals surface area contributed by atoms with E-state index in [4.69, 9.17) is 4.74 Å². The SMILES string of the molecule is C[C@H](NC(=O)COC(=O)c1csc(-c2cccs2)n1)c1ccccc1. The van der Waals surface area contributed by atoms with Crippen molar-refractivity contribution < 1.29 is 14.3 Å². The lowest BCUT2D eigenvalue weighted by atomic mass is 10.1. The molecule has 3 aromatic rings. The highest BCUT2D eigenvalue weighted by molar-refractivity contribution is 7.20. The highest BCUT2D eigenvalue weighted by Gasteiger charge is 2.16. The van der Waals surface area contributed by atoms with E-state index in [1.807, 2.05) is 54.8 Å². The van der Waals surface area contributed by atoms with E-state index in [0.717, 1.165) is 15.4 Å². The van der Waals surface area contributed by atoms with Crippen LogP contribution < -0.4 is 5.32 Å². The number of aromatic nitrogens is 1. The number of ether oxygens (including phenoxy) is 1. The maximum atomic E-state index is 12.0. The Morgan fingerprint density at radius 3 is 2.68 bits per heavy atom. The van der Waals surface area contributed by atoms with Gasteiger partial charge >= 0.3 is 5.97 Å². The van der Waals surface area contributed by atoms with Crippen LogP contribution in [0.2, 0.25) is 0 Å². The van der Waals surface area contributed by atoms with Gasteiger partial charge in [0.1, 0.15) is 5.01 Å². The molecule has 1 atom stereocenters. The molecular formula is C18H16N2O3S2. The van der Waals surface area contributed by atoms with Crippen molar-refractivity contribution in [2.45, 2.75) is 13.0 Å². The van der Waals surface area contributed by atoms with E-state index < -0.39 is 5.97 Å². The third-order valence-corrected chi connectivity index (χ3v) is 5.34. The summed E-state index contributed by atoms with van der Waals surface area (Å²) in [7, 11) is 0. The van der Waals surface area contributed by atoms with Gasteiger partial charge in [-0.2, -0.15) is 0 Å². The van der Waals surface area contributed by atoms with Gasteiger partial charge in [-0.05, 0) is 23.9 Å². The molecule has 0 saturated carbocycles. The number of amides is 1. The Kier molecular flexibility index (Phi) is 5.57. The number of nitrogens with one attached hydrogen (secondary N) is 1. The summed E-state index contributed by atoms with van der Waals surface area (Å²) in [5.74, 6) is -0.944. The van der Waals surface area contributed by atoms with Gasteiger partial charge in [0.2, 0.25) is 0 Å². The number of hydrogen-bond donors (Lipinski definition) is 1. The molecule has 25 heavy (non-hydrogen) atoms. The van der Waals surface area contributed by atoms with E-state index in [-0.39, 0.29) is 24.2 Å². The van der Waals surface area contributed by atoms with Crippen LogP contribution in [0.1, 0.15) is 29.0 Å². The van der Waals surface area contributed by atoms with Gasteiger partial charge in [-0.15, -0.1) is 22.7 Å². The van der Waals surface area contributed by atoms with Gasteiger partial charge in [0.05, 0.1) is 10.9 Å². The van der Waals surface area contributed by atoms with Crippen LogP contribution in [0.5, 0.6) is 0 Å². The molecule has 0 aliphatic rings. The number of rotatable bonds is 6. The Hall–Kier alpha value is -2.51. The van der Waals surface area contributed by atoms with E-state index in [2.05, 4.69) is 10.3 Å². The van der Waals surface area contributed by atoms with Gasteiger partial charge < -0.3 is 10.1 Å². The van der Waals surface area contributed by atoms with Crippen LogP contribution in [-0.2, 0) is 9.53 Å². The highest BCUT2D eigenvalue weighted by Crippen LogP contribution is 2.27. The van der Waals surface area contributed by atoms with Crippen LogP contribution in [0.4, 0.5) is 0 Å². The van der Waals surface area contributed by atoms with Crippen LogP contribution in [0.25, 0.3) is 9.88 Å². The molecule has 3 rings (SSSR count). The number of nitrogens with zero attached hydrogens (tertiary/aromatic N) is 1. The zero-order chi connectivity index (χ0) is 17.6. The molecule has 1 amide bonds. The summed E-state index contributed by atoms with van der Waals surface area (Å²) in [6.45, 7) is 1.55. The van der Waals surface area contributed by atoms with Crippen molar-refractivity contribution in [1.82, 2.24) is 10.3 Å². The summed E-state index contributed by atoms with van der Waals surface area (Å²) in [5, 5.41) is 7.16. The van der Waals surface area contributed by atoms with Crippen molar-refractivity contribution in [1.29, 1.82) is 0 Å². The number of benzene rings is 1. The van der Waals surface area contributed by atoms with E-state index in [0.29, 0.717) is 0 Å². The summed E-state index contributed by atoms with van der Waals surface area (Å²) in [6, 6.07) is 13.3. The third-order valence-electron chi connectivity index (χ3n) is 3.46. The van der Waals surface area contributed by atoms with E-state index >= 15 is 0 Å². The van der Waals surface area contributed by atoms with Crippen molar-refractivity contribution >= 4 is 34.6 Å². The van der Waals surface area contributed by atoms with Crippen LogP contribution in [-0.4, -0.2) is 23.5 Å². The molecule has 0 fully saturated rings. The fourth-order valence-corrected chi connectivity index (χ4v) is 3.80. The van der Waals surface area contributed by atoms with Crippen LogP contribution >= 0.6 is 22.7 Å². The molecule has 0 bridgehead atoms. The van der Waals surface area contributed by atoms with Gasteiger partial charge in [-0.1, -0.05) is 36.4 Å². The lowest BCUT2D eigenvalue weighted by molar-refractivity contribution is -0.124. The van der Waals surface area contributed by atoms with Gasteiger partial charge in [0, 0.05) is 5.38 Å². The summed E-state index contributed by atoms with van der Waals surface area (Å²) >= 11 is 2.93. The van der Waals surface area contributed by atoms with Crippen molar-refractivity contribution in [2.75, 3.05) is 6.61 Å².